The lowest BCUT2D eigenvalue weighted by Crippen LogP contribution is -2.68. The van der Waals surface area contributed by atoms with Gasteiger partial charge in [0.2, 0.25) is 6.29 Å². The van der Waals surface area contributed by atoms with Gasteiger partial charge in [0.1, 0.15) is 25.4 Å². The Hall–Kier alpha value is -5.50. The molecule has 0 aromatic rings. The zero-order valence-corrected chi connectivity index (χ0v) is 35.4. The van der Waals surface area contributed by atoms with Crippen LogP contribution in [0.4, 0.5) is 0 Å². The summed E-state index contributed by atoms with van der Waals surface area (Å²) in [4.78, 5) is 124. The second-order valence-electron chi connectivity index (χ2n) is 13.8. The van der Waals surface area contributed by atoms with Crippen LogP contribution in [-0.2, 0) is 119 Å². The van der Waals surface area contributed by atoms with Crippen molar-refractivity contribution in [1.82, 2.24) is 0 Å². The molecule has 62 heavy (non-hydrogen) atoms. The molecule has 25 nitrogen and oxygen atoms in total. The molecule has 3 heterocycles. The summed E-state index contributed by atoms with van der Waals surface area (Å²) in [6, 6.07) is 0. The van der Waals surface area contributed by atoms with Crippen LogP contribution in [0.15, 0.2) is 0 Å². The van der Waals surface area contributed by atoms with E-state index in [9.17, 15) is 47.9 Å². The number of carbonyl (C=O) groups excluding carboxylic acids is 10. The summed E-state index contributed by atoms with van der Waals surface area (Å²) in [5.74, 6) is -9.36. The lowest BCUT2D eigenvalue weighted by molar-refractivity contribution is -0.386. The quantitative estimate of drug-likeness (QED) is 0.129. The third kappa shape index (κ3) is 15.1. The number of carbonyl (C=O) groups is 10. The molecule has 14 unspecified atom stereocenters. The van der Waals surface area contributed by atoms with Crippen LogP contribution in [0.25, 0.3) is 0 Å². The lowest BCUT2D eigenvalue weighted by atomic mass is 9.96. The molecule has 0 aromatic heterocycles. The van der Waals surface area contributed by atoms with Gasteiger partial charge in [-0.1, -0.05) is 0 Å². The molecule has 0 spiro atoms. The first kappa shape index (κ1) is 50.9. The zero-order chi connectivity index (χ0) is 46.6. The van der Waals surface area contributed by atoms with Gasteiger partial charge in [0.05, 0.1) is 6.61 Å². The van der Waals surface area contributed by atoms with Gasteiger partial charge in [0.15, 0.2) is 67.5 Å². The molecule has 348 valence electrons. The van der Waals surface area contributed by atoms with Crippen molar-refractivity contribution in [2.75, 3.05) is 19.8 Å². The molecule has 14 atom stereocenters. The van der Waals surface area contributed by atoms with Crippen molar-refractivity contribution in [2.24, 2.45) is 0 Å². The highest BCUT2D eigenvalue weighted by molar-refractivity contribution is 5.70. The lowest BCUT2D eigenvalue weighted by Gasteiger charge is -2.49. The molecule has 25 heteroatoms. The summed E-state index contributed by atoms with van der Waals surface area (Å²) in [5, 5.41) is 0. The van der Waals surface area contributed by atoms with E-state index in [-0.39, 0.29) is 0 Å². The average molecular weight is 895 g/mol. The third-order valence-corrected chi connectivity index (χ3v) is 8.46. The number of hydrogen-bond acceptors (Lipinski definition) is 25. The Bertz CT molecular complexity index is 1680. The van der Waals surface area contributed by atoms with Crippen molar-refractivity contribution in [3.63, 3.8) is 0 Å². The standard InChI is InChI=1S/C37H50O25/c1-14(38)48-11-25-27(52-17(4)41)30(55-20(7)44)33(36(59-25)58-23(10)47)62-37-34(31(56-21(8)45)28(53-18(5)42)26(60-37)12-49-15(2)39)61-35-32(57-22(9)46)29(54-19(6)43)24(13-50-35)51-16(3)40/h24-37H,11-13H2,1-10H3. The van der Waals surface area contributed by atoms with Crippen molar-refractivity contribution in [2.45, 2.75) is 155 Å². The maximum Gasteiger partial charge on any atom is 0.305 e. The topological polar surface area (TPSA) is 309 Å². The van der Waals surface area contributed by atoms with Crippen molar-refractivity contribution >= 4 is 59.7 Å². The van der Waals surface area contributed by atoms with Crippen LogP contribution in [0.1, 0.15) is 69.2 Å². The second-order valence-corrected chi connectivity index (χ2v) is 13.8. The summed E-state index contributed by atoms with van der Waals surface area (Å²) >= 11 is 0. The summed E-state index contributed by atoms with van der Waals surface area (Å²) in [6.07, 6.45) is -24.7. The summed E-state index contributed by atoms with van der Waals surface area (Å²) < 4.78 is 84.7. The van der Waals surface area contributed by atoms with E-state index in [1.165, 1.54) is 0 Å². The van der Waals surface area contributed by atoms with Gasteiger partial charge >= 0.3 is 59.7 Å². The van der Waals surface area contributed by atoms with Crippen LogP contribution in [0.5, 0.6) is 0 Å². The van der Waals surface area contributed by atoms with Gasteiger partial charge in [-0.3, -0.25) is 47.9 Å². The smallest absolute Gasteiger partial charge is 0.305 e. The first-order chi connectivity index (χ1) is 29.0. The molecule has 3 aliphatic heterocycles. The van der Waals surface area contributed by atoms with Gasteiger partial charge in [0.25, 0.3) is 0 Å². The maximum atomic E-state index is 12.8. The predicted molar refractivity (Wildman–Crippen MR) is 191 cm³/mol. The molecule has 0 amide bonds. The maximum absolute atomic E-state index is 12.8. The van der Waals surface area contributed by atoms with E-state index in [1.807, 2.05) is 0 Å². The fourth-order valence-electron chi connectivity index (χ4n) is 6.54. The van der Waals surface area contributed by atoms with Crippen LogP contribution in [0.2, 0.25) is 0 Å². The normalized spacial score (nSPS) is 31.7. The molecule has 0 bridgehead atoms. The number of ether oxygens (including phenoxy) is 15. The minimum absolute atomic E-state index is 0.576. The molecular formula is C37H50O25. The van der Waals surface area contributed by atoms with E-state index >= 15 is 0 Å². The minimum atomic E-state index is -2.07. The fraction of sp³-hybridized carbons (Fsp3) is 0.730. The SMILES string of the molecule is CC(=O)OCC1OC(OC2C(OC(C)=O)OC(COC(C)=O)C(OC(C)=O)C2OC(C)=O)C(OC2OCC(OC(C)=O)C(OC(C)=O)C2OC(C)=O)C(OC(C)=O)C1OC(C)=O. The van der Waals surface area contributed by atoms with Gasteiger partial charge in [0, 0.05) is 69.2 Å². The molecule has 3 rings (SSSR count). The third-order valence-electron chi connectivity index (χ3n) is 8.46. The molecule has 3 aliphatic rings. The highest BCUT2D eigenvalue weighted by atomic mass is 16.8. The van der Waals surface area contributed by atoms with Crippen LogP contribution in [0, 0.1) is 0 Å². The molecule has 3 saturated heterocycles. The van der Waals surface area contributed by atoms with E-state index in [1.54, 1.807) is 0 Å². The minimum Gasteiger partial charge on any atom is -0.463 e. The van der Waals surface area contributed by atoms with Crippen LogP contribution in [-0.4, -0.2) is 166 Å². The number of rotatable bonds is 16. The van der Waals surface area contributed by atoms with E-state index < -0.39 is 166 Å². The van der Waals surface area contributed by atoms with Crippen molar-refractivity contribution in [1.29, 1.82) is 0 Å². The Morgan fingerprint density at radius 3 is 1.10 bits per heavy atom. The van der Waals surface area contributed by atoms with E-state index in [0.717, 1.165) is 69.2 Å². The molecule has 3 fully saturated rings. The molecule has 0 radical (unpaired) electrons. The van der Waals surface area contributed by atoms with Gasteiger partial charge in [-0.25, -0.2) is 0 Å². The number of hydrogen-bond donors (Lipinski definition) is 0. The van der Waals surface area contributed by atoms with E-state index in [0.29, 0.717) is 0 Å². The van der Waals surface area contributed by atoms with Crippen molar-refractivity contribution in [3.8, 4) is 0 Å². The average Bonchev–Trinajstić information content (AvgIpc) is 3.12. The highest BCUT2D eigenvalue weighted by Gasteiger charge is 2.59. The first-order valence-electron chi connectivity index (χ1n) is 18.8. The molecular weight excluding hydrogens is 844 g/mol. The van der Waals surface area contributed by atoms with Crippen molar-refractivity contribution in [3.05, 3.63) is 0 Å². The Morgan fingerprint density at radius 2 is 0.694 bits per heavy atom. The van der Waals surface area contributed by atoms with Gasteiger partial charge < -0.3 is 71.1 Å². The van der Waals surface area contributed by atoms with Crippen LogP contribution >= 0.6 is 0 Å². The molecule has 0 aliphatic carbocycles. The van der Waals surface area contributed by atoms with E-state index in [4.69, 9.17) is 71.1 Å². The second kappa shape index (κ2) is 23.1. The molecule has 0 aromatic carbocycles. The summed E-state index contributed by atoms with van der Waals surface area (Å²) in [5.41, 5.74) is 0. The first-order valence-corrected chi connectivity index (χ1v) is 18.8. The number of esters is 10. The molecule has 0 N–H and O–H groups in total. The van der Waals surface area contributed by atoms with Crippen LogP contribution in [0.3, 0.4) is 0 Å². The summed E-state index contributed by atoms with van der Waals surface area (Å²) in [7, 11) is 0. The van der Waals surface area contributed by atoms with E-state index in [2.05, 4.69) is 0 Å². The van der Waals surface area contributed by atoms with Crippen LogP contribution < -0.4 is 0 Å². The highest BCUT2D eigenvalue weighted by Crippen LogP contribution is 2.37. The van der Waals surface area contributed by atoms with Crippen molar-refractivity contribution < 1.29 is 119 Å². The Morgan fingerprint density at radius 1 is 0.355 bits per heavy atom. The monoisotopic (exact) mass is 894 g/mol. The summed E-state index contributed by atoms with van der Waals surface area (Å²) in [6.45, 7) is 8.09. The predicted octanol–water partition coefficient (Wildman–Crippen LogP) is -1.23. The molecule has 0 saturated carbocycles. The fourth-order valence-corrected chi connectivity index (χ4v) is 6.54. The van der Waals surface area contributed by atoms with Gasteiger partial charge in [-0.15, -0.1) is 0 Å². The Balaban J connectivity index is 2.31. The Kier molecular flexibility index (Phi) is 18.9. The Labute approximate surface area is 353 Å². The zero-order valence-electron chi connectivity index (χ0n) is 35.4. The largest absolute Gasteiger partial charge is 0.463 e. The van der Waals surface area contributed by atoms with Gasteiger partial charge in [-0.2, -0.15) is 0 Å². The van der Waals surface area contributed by atoms with Gasteiger partial charge in [-0.05, 0) is 0 Å².